The number of aryl methyl sites for hydroxylation is 2. The van der Waals surface area contributed by atoms with Crippen LogP contribution in [0.4, 0.5) is 5.69 Å². The van der Waals surface area contributed by atoms with Gasteiger partial charge in [-0.15, -0.1) is 0 Å². The quantitative estimate of drug-likeness (QED) is 0.758. The number of hydrogen-bond acceptors (Lipinski definition) is 2. The van der Waals surface area contributed by atoms with E-state index < -0.39 is 0 Å². The molecule has 2 N–H and O–H groups in total. The fourth-order valence-electron chi connectivity index (χ4n) is 2.20. The van der Waals surface area contributed by atoms with Gasteiger partial charge < -0.3 is 10.1 Å². The molecule has 0 atom stereocenters. The van der Waals surface area contributed by atoms with E-state index in [1.165, 1.54) is 5.56 Å². The molecule has 0 aliphatic heterocycles. The number of nitrogens with two attached hydrogens (primary N) is 1. The van der Waals surface area contributed by atoms with Gasteiger partial charge in [-0.05, 0) is 30.5 Å². The zero-order valence-electron chi connectivity index (χ0n) is 11.2. The Morgan fingerprint density at radius 1 is 1.16 bits per heavy atom. The second kappa shape index (κ2) is 4.43. The lowest BCUT2D eigenvalue weighted by Gasteiger charge is -1.99. The minimum Gasteiger partial charge on any atom is -0.397 e. The summed E-state index contributed by atoms with van der Waals surface area (Å²) in [6.07, 6.45) is 4.99. The molecule has 19 heavy (non-hydrogen) atoms. The van der Waals surface area contributed by atoms with E-state index in [4.69, 9.17) is 5.73 Å². The van der Waals surface area contributed by atoms with Gasteiger partial charge in [-0.3, -0.25) is 0 Å². The summed E-state index contributed by atoms with van der Waals surface area (Å²) in [6, 6.07) is 10.6. The summed E-state index contributed by atoms with van der Waals surface area (Å²) in [5.41, 5.74) is 12.2. The number of fused-ring (bicyclic) bond motifs is 1. The molecular weight excluding hydrogens is 234 g/mol. The molecule has 0 saturated carbocycles. The van der Waals surface area contributed by atoms with Gasteiger partial charge in [0, 0.05) is 18.0 Å². The van der Waals surface area contributed by atoms with Crippen molar-refractivity contribution in [3.05, 3.63) is 53.9 Å². The van der Waals surface area contributed by atoms with Crippen molar-refractivity contribution in [1.29, 1.82) is 0 Å². The number of anilines is 1. The fraction of sp³-hybridized carbons (Fsp3) is 0.188. The highest BCUT2D eigenvalue weighted by molar-refractivity contribution is 5.65. The molecule has 3 rings (SSSR count). The van der Waals surface area contributed by atoms with E-state index in [0.717, 1.165) is 34.6 Å². The smallest absolute Gasteiger partial charge is 0.137 e. The van der Waals surface area contributed by atoms with E-state index in [0.29, 0.717) is 0 Å². The molecule has 2 aromatic heterocycles. The van der Waals surface area contributed by atoms with E-state index in [-0.39, 0.29) is 0 Å². The highest BCUT2D eigenvalue weighted by Gasteiger charge is 2.06. The third kappa shape index (κ3) is 2.08. The lowest BCUT2D eigenvalue weighted by Crippen LogP contribution is -1.93. The Hall–Kier alpha value is -2.29. The maximum atomic E-state index is 5.92. The minimum atomic E-state index is 0.790. The van der Waals surface area contributed by atoms with Crippen molar-refractivity contribution in [1.82, 2.24) is 9.38 Å². The van der Waals surface area contributed by atoms with E-state index in [1.807, 2.05) is 29.8 Å². The largest absolute Gasteiger partial charge is 0.397 e. The van der Waals surface area contributed by atoms with Crippen LogP contribution in [0.1, 0.15) is 18.1 Å². The van der Waals surface area contributed by atoms with Gasteiger partial charge in [-0.25, -0.2) is 4.98 Å². The Morgan fingerprint density at radius 2 is 1.89 bits per heavy atom. The van der Waals surface area contributed by atoms with Crippen LogP contribution in [0, 0.1) is 6.92 Å². The molecule has 3 heteroatoms. The summed E-state index contributed by atoms with van der Waals surface area (Å²) in [5.74, 6) is 0. The Labute approximate surface area is 112 Å². The molecule has 0 aliphatic rings. The van der Waals surface area contributed by atoms with Crippen molar-refractivity contribution in [2.24, 2.45) is 0 Å². The van der Waals surface area contributed by atoms with Crippen LogP contribution in [0.5, 0.6) is 0 Å². The maximum Gasteiger partial charge on any atom is 0.137 e. The van der Waals surface area contributed by atoms with Gasteiger partial charge in [0.05, 0.1) is 11.4 Å². The molecule has 3 aromatic rings. The van der Waals surface area contributed by atoms with Gasteiger partial charge in [0.15, 0.2) is 0 Å². The van der Waals surface area contributed by atoms with E-state index in [1.54, 1.807) is 0 Å². The number of aromatic nitrogens is 2. The number of nitrogen functional groups attached to an aromatic ring is 1. The van der Waals surface area contributed by atoms with Crippen molar-refractivity contribution >= 4 is 11.3 Å². The van der Waals surface area contributed by atoms with Crippen molar-refractivity contribution in [2.45, 2.75) is 20.3 Å². The highest BCUT2D eigenvalue weighted by atomic mass is 15.0. The van der Waals surface area contributed by atoms with Crippen LogP contribution in [-0.2, 0) is 6.42 Å². The molecule has 3 nitrogen and oxygen atoms in total. The lowest BCUT2D eigenvalue weighted by molar-refractivity contribution is 1.14. The van der Waals surface area contributed by atoms with Crippen molar-refractivity contribution in [2.75, 3.05) is 5.73 Å². The molecule has 0 saturated heterocycles. The summed E-state index contributed by atoms with van der Waals surface area (Å²) in [6.45, 7) is 4.16. The average Bonchev–Trinajstić information content (AvgIpc) is 2.82. The first-order valence-electron chi connectivity index (χ1n) is 6.51. The third-order valence-electron chi connectivity index (χ3n) is 3.50. The summed E-state index contributed by atoms with van der Waals surface area (Å²) in [5, 5.41) is 0. The van der Waals surface area contributed by atoms with Gasteiger partial charge in [0.2, 0.25) is 0 Å². The van der Waals surface area contributed by atoms with Crippen LogP contribution in [0.15, 0.2) is 42.7 Å². The van der Waals surface area contributed by atoms with E-state index in [2.05, 4.69) is 36.2 Å². The standard InChI is InChI=1S/C16H17N3/c1-3-12-4-6-13(7-5-12)15-10-19-9-14(17)11(2)8-16(19)18-15/h4-10H,3,17H2,1-2H3. The first-order chi connectivity index (χ1) is 9.17. The van der Waals surface area contributed by atoms with Gasteiger partial charge in [-0.2, -0.15) is 0 Å². The molecule has 2 heterocycles. The maximum absolute atomic E-state index is 5.92. The lowest BCUT2D eigenvalue weighted by atomic mass is 10.1. The summed E-state index contributed by atoms with van der Waals surface area (Å²) >= 11 is 0. The monoisotopic (exact) mass is 251 g/mol. The highest BCUT2D eigenvalue weighted by Crippen LogP contribution is 2.22. The number of pyridine rings is 1. The second-order valence-electron chi connectivity index (χ2n) is 4.85. The SMILES string of the molecule is CCc1ccc(-c2cn3cc(N)c(C)cc3n2)cc1. The predicted molar refractivity (Wildman–Crippen MR) is 79.2 cm³/mol. The fourth-order valence-corrected chi connectivity index (χ4v) is 2.20. The summed E-state index contributed by atoms with van der Waals surface area (Å²) in [7, 11) is 0. The van der Waals surface area contributed by atoms with Gasteiger partial charge in [-0.1, -0.05) is 31.2 Å². The first kappa shape index (κ1) is 11.8. The van der Waals surface area contributed by atoms with Crippen molar-refractivity contribution in [3.8, 4) is 11.3 Å². The zero-order valence-corrected chi connectivity index (χ0v) is 11.2. The molecule has 0 spiro atoms. The molecule has 0 bridgehead atoms. The molecule has 0 fully saturated rings. The Balaban J connectivity index is 2.09. The molecular formula is C16H17N3. The Bertz CT molecular complexity index is 685. The number of hydrogen-bond donors (Lipinski definition) is 1. The summed E-state index contributed by atoms with van der Waals surface area (Å²) < 4.78 is 1.98. The number of nitrogens with zero attached hydrogens (tertiary/aromatic N) is 2. The van der Waals surface area contributed by atoms with Crippen molar-refractivity contribution in [3.63, 3.8) is 0 Å². The van der Waals surface area contributed by atoms with Gasteiger partial charge in [0.1, 0.15) is 5.65 Å². The predicted octanol–water partition coefficient (Wildman–Crippen LogP) is 3.45. The molecule has 0 unspecified atom stereocenters. The molecule has 96 valence electrons. The minimum absolute atomic E-state index is 0.790. The number of rotatable bonds is 2. The van der Waals surface area contributed by atoms with Crippen LogP contribution in [-0.4, -0.2) is 9.38 Å². The van der Waals surface area contributed by atoms with Crippen LogP contribution in [0.3, 0.4) is 0 Å². The van der Waals surface area contributed by atoms with E-state index >= 15 is 0 Å². The molecule has 0 radical (unpaired) electrons. The Morgan fingerprint density at radius 3 is 2.58 bits per heavy atom. The molecule has 0 amide bonds. The number of benzene rings is 1. The van der Waals surface area contributed by atoms with Crippen LogP contribution in [0.25, 0.3) is 16.9 Å². The van der Waals surface area contributed by atoms with E-state index in [9.17, 15) is 0 Å². The van der Waals surface area contributed by atoms with Crippen LogP contribution >= 0.6 is 0 Å². The van der Waals surface area contributed by atoms with Gasteiger partial charge >= 0.3 is 0 Å². The van der Waals surface area contributed by atoms with Crippen LogP contribution in [0.2, 0.25) is 0 Å². The first-order valence-corrected chi connectivity index (χ1v) is 6.51. The van der Waals surface area contributed by atoms with Gasteiger partial charge in [0.25, 0.3) is 0 Å². The van der Waals surface area contributed by atoms with Crippen molar-refractivity contribution < 1.29 is 0 Å². The molecule has 1 aromatic carbocycles. The second-order valence-corrected chi connectivity index (χ2v) is 4.85. The Kier molecular flexibility index (Phi) is 2.75. The number of imidazole rings is 1. The summed E-state index contributed by atoms with van der Waals surface area (Å²) in [4.78, 5) is 4.65. The average molecular weight is 251 g/mol. The van der Waals surface area contributed by atoms with Crippen LogP contribution < -0.4 is 5.73 Å². The topological polar surface area (TPSA) is 43.3 Å². The molecule has 0 aliphatic carbocycles. The third-order valence-corrected chi connectivity index (χ3v) is 3.50. The normalized spacial score (nSPS) is 11.1. The zero-order chi connectivity index (χ0) is 13.4.